The number of halogens is 6. The third kappa shape index (κ3) is 9.37. The third-order valence-corrected chi connectivity index (χ3v) is 5.81. The van der Waals surface area contributed by atoms with E-state index in [9.17, 15) is 26.3 Å². The molecule has 0 radical (unpaired) electrons. The van der Waals surface area contributed by atoms with Crippen LogP contribution in [0, 0.1) is 5.92 Å². The number of carboxylic acids is 2. The van der Waals surface area contributed by atoms with Crippen molar-refractivity contribution in [1.82, 2.24) is 9.88 Å². The molecular weight excluding hydrogens is 522 g/mol. The van der Waals surface area contributed by atoms with Crippen LogP contribution < -0.4 is 0 Å². The van der Waals surface area contributed by atoms with Gasteiger partial charge in [0.2, 0.25) is 0 Å². The zero-order valence-corrected chi connectivity index (χ0v) is 19.2. The summed E-state index contributed by atoms with van der Waals surface area (Å²) in [5, 5.41) is 18.6. The summed E-state index contributed by atoms with van der Waals surface area (Å²) in [5.74, 6) is -5.03. The molecule has 4 rings (SSSR count). The molecule has 2 aliphatic heterocycles. The zero-order chi connectivity index (χ0) is 26.9. The van der Waals surface area contributed by atoms with Crippen LogP contribution in [0.1, 0.15) is 11.3 Å². The Morgan fingerprint density at radius 3 is 2.22 bits per heavy atom. The molecule has 2 aromatic rings. The standard InChI is InChI=1S/C17H20N2O2S.2C2HF3O2/c1-2-5-18-14(3-1)9-21-17-8-19(7-13-4-6-22-12-13)16-11-20-10-15(16)17;2*3-2(4,5)1(6)7/h1-6,12,15-17H,7-11H2;2*(H,6,7)/t15-,16+,17+;;/m0../s1. The highest BCUT2D eigenvalue weighted by Gasteiger charge is 2.46. The summed E-state index contributed by atoms with van der Waals surface area (Å²) >= 11 is 1.76. The Morgan fingerprint density at radius 2 is 1.72 bits per heavy atom. The highest BCUT2D eigenvalue weighted by Crippen LogP contribution is 2.33. The largest absolute Gasteiger partial charge is 0.490 e. The summed E-state index contributed by atoms with van der Waals surface area (Å²) in [6.07, 6.45) is -8.11. The summed E-state index contributed by atoms with van der Waals surface area (Å²) in [5.41, 5.74) is 2.38. The predicted molar refractivity (Wildman–Crippen MR) is 113 cm³/mol. The molecule has 200 valence electrons. The van der Waals surface area contributed by atoms with Crippen LogP contribution in [0.3, 0.4) is 0 Å². The van der Waals surface area contributed by atoms with Gasteiger partial charge < -0.3 is 19.7 Å². The maximum atomic E-state index is 10.6. The molecule has 4 heterocycles. The molecule has 36 heavy (non-hydrogen) atoms. The molecule has 0 spiro atoms. The normalized spacial score (nSPS) is 21.6. The summed E-state index contributed by atoms with van der Waals surface area (Å²) < 4.78 is 75.4. The van der Waals surface area contributed by atoms with E-state index >= 15 is 0 Å². The fourth-order valence-corrected chi connectivity index (χ4v) is 4.10. The number of pyridine rings is 1. The molecule has 2 aromatic heterocycles. The first-order chi connectivity index (χ1) is 16.8. The van der Waals surface area contributed by atoms with Crippen LogP contribution in [0.5, 0.6) is 0 Å². The minimum atomic E-state index is -5.08. The van der Waals surface area contributed by atoms with Gasteiger partial charge in [0.1, 0.15) is 0 Å². The number of aliphatic carboxylic acids is 2. The molecule has 3 atom stereocenters. The van der Waals surface area contributed by atoms with Gasteiger partial charge in [0.05, 0.1) is 31.6 Å². The van der Waals surface area contributed by atoms with E-state index in [0.29, 0.717) is 18.6 Å². The molecule has 0 amide bonds. The number of hydrogen-bond donors (Lipinski definition) is 2. The van der Waals surface area contributed by atoms with Gasteiger partial charge in [-0.1, -0.05) is 6.07 Å². The predicted octanol–water partition coefficient (Wildman–Crippen LogP) is 3.83. The van der Waals surface area contributed by atoms with Crippen molar-refractivity contribution < 1.29 is 55.6 Å². The first kappa shape index (κ1) is 29.5. The first-order valence-electron chi connectivity index (χ1n) is 10.2. The summed E-state index contributed by atoms with van der Waals surface area (Å²) in [6, 6.07) is 8.65. The average molecular weight is 544 g/mol. The van der Waals surface area contributed by atoms with E-state index in [0.717, 1.165) is 32.0 Å². The summed E-state index contributed by atoms with van der Waals surface area (Å²) in [4.78, 5) is 24.6. The van der Waals surface area contributed by atoms with Crippen molar-refractivity contribution in [3.8, 4) is 0 Å². The van der Waals surface area contributed by atoms with Gasteiger partial charge in [-0.05, 0) is 34.5 Å². The number of likely N-dealkylation sites (tertiary alicyclic amines) is 1. The molecule has 0 saturated carbocycles. The van der Waals surface area contributed by atoms with Crippen molar-refractivity contribution in [3.63, 3.8) is 0 Å². The van der Waals surface area contributed by atoms with Gasteiger partial charge in [-0.3, -0.25) is 9.88 Å². The first-order valence-corrected chi connectivity index (χ1v) is 11.2. The van der Waals surface area contributed by atoms with E-state index in [1.165, 1.54) is 5.56 Å². The molecule has 0 unspecified atom stereocenters. The lowest BCUT2D eigenvalue weighted by Gasteiger charge is -2.21. The van der Waals surface area contributed by atoms with Gasteiger partial charge in [0.25, 0.3) is 0 Å². The minimum Gasteiger partial charge on any atom is -0.475 e. The molecule has 2 fully saturated rings. The van der Waals surface area contributed by atoms with E-state index in [4.69, 9.17) is 29.3 Å². The second-order valence-electron chi connectivity index (χ2n) is 7.61. The van der Waals surface area contributed by atoms with E-state index in [2.05, 4.69) is 26.7 Å². The van der Waals surface area contributed by atoms with Crippen LogP contribution >= 0.6 is 11.3 Å². The number of aromatic nitrogens is 1. The molecule has 2 N–H and O–H groups in total. The van der Waals surface area contributed by atoms with Gasteiger partial charge in [0, 0.05) is 31.2 Å². The van der Waals surface area contributed by atoms with E-state index in [1.54, 1.807) is 11.3 Å². The number of thiophene rings is 1. The number of rotatable bonds is 5. The maximum Gasteiger partial charge on any atom is 0.490 e. The summed E-state index contributed by atoms with van der Waals surface area (Å²) in [7, 11) is 0. The number of hydrogen-bond acceptors (Lipinski definition) is 7. The number of alkyl halides is 6. The fourth-order valence-electron chi connectivity index (χ4n) is 3.44. The number of carbonyl (C=O) groups is 2. The van der Waals surface area contributed by atoms with Crippen molar-refractivity contribution in [2.45, 2.75) is 37.7 Å². The van der Waals surface area contributed by atoms with Gasteiger partial charge in [0.15, 0.2) is 0 Å². The average Bonchev–Trinajstić information content (AvgIpc) is 3.53. The topological polar surface area (TPSA) is 109 Å². The number of carboxylic acid groups (broad SMARTS) is 2. The molecule has 8 nitrogen and oxygen atoms in total. The quantitative estimate of drug-likeness (QED) is 0.547. The van der Waals surface area contributed by atoms with Gasteiger partial charge >= 0.3 is 24.3 Å². The van der Waals surface area contributed by atoms with Crippen LogP contribution in [-0.4, -0.2) is 76.3 Å². The molecule has 2 aliphatic rings. The number of fused-ring (bicyclic) bond motifs is 1. The van der Waals surface area contributed by atoms with Gasteiger partial charge in [-0.2, -0.15) is 37.7 Å². The Bertz CT molecular complexity index is 934. The van der Waals surface area contributed by atoms with Crippen molar-refractivity contribution in [2.24, 2.45) is 5.92 Å². The lowest BCUT2D eigenvalue weighted by molar-refractivity contribution is -0.193. The highest BCUT2D eigenvalue weighted by atomic mass is 32.1. The Labute approximate surface area is 205 Å². The van der Waals surface area contributed by atoms with Crippen molar-refractivity contribution in [3.05, 3.63) is 52.5 Å². The minimum absolute atomic E-state index is 0.244. The molecule has 0 bridgehead atoms. The van der Waals surface area contributed by atoms with Crippen LogP contribution in [0.2, 0.25) is 0 Å². The fraction of sp³-hybridized carbons (Fsp3) is 0.476. The van der Waals surface area contributed by atoms with Gasteiger partial charge in [-0.25, -0.2) is 9.59 Å². The van der Waals surface area contributed by atoms with Crippen molar-refractivity contribution >= 4 is 23.3 Å². The smallest absolute Gasteiger partial charge is 0.475 e. The lowest BCUT2D eigenvalue weighted by Crippen LogP contribution is -2.32. The second kappa shape index (κ2) is 13.0. The van der Waals surface area contributed by atoms with E-state index in [-0.39, 0.29) is 6.10 Å². The maximum absolute atomic E-state index is 10.6. The molecular formula is C21H22F6N2O6S. The summed E-state index contributed by atoms with van der Waals surface area (Å²) in [6.45, 7) is 4.22. The Morgan fingerprint density at radius 1 is 1.08 bits per heavy atom. The third-order valence-electron chi connectivity index (χ3n) is 5.08. The highest BCUT2D eigenvalue weighted by molar-refractivity contribution is 7.07. The van der Waals surface area contributed by atoms with E-state index in [1.807, 2.05) is 24.4 Å². The monoisotopic (exact) mass is 544 g/mol. The molecule has 15 heteroatoms. The Kier molecular flexibility index (Phi) is 10.6. The van der Waals surface area contributed by atoms with E-state index < -0.39 is 24.3 Å². The Hall–Kier alpha value is -2.75. The molecule has 0 aromatic carbocycles. The van der Waals surface area contributed by atoms with Crippen LogP contribution in [0.25, 0.3) is 0 Å². The van der Waals surface area contributed by atoms with Crippen LogP contribution in [-0.2, 0) is 32.2 Å². The molecule has 0 aliphatic carbocycles. The van der Waals surface area contributed by atoms with Crippen LogP contribution in [0.4, 0.5) is 26.3 Å². The van der Waals surface area contributed by atoms with Gasteiger partial charge in [-0.15, -0.1) is 0 Å². The Balaban J connectivity index is 0.000000271. The number of ether oxygens (including phenoxy) is 2. The lowest BCUT2D eigenvalue weighted by atomic mass is 10.0. The second-order valence-corrected chi connectivity index (χ2v) is 8.39. The molecule has 2 saturated heterocycles. The van der Waals surface area contributed by atoms with Crippen molar-refractivity contribution in [1.29, 1.82) is 0 Å². The van der Waals surface area contributed by atoms with Crippen LogP contribution in [0.15, 0.2) is 41.2 Å². The SMILES string of the molecule is O=C(O)C(F)(F)F.O=C(O)C(F)(F)F.c1ccc(CO[C@@H]2CN(Cc3ccsc3)[C@@H]3COC[C@@H]32)nc1. The van der Waals surface area contributed by atoms with Crippen molar-refractivity contribution in [2.75, 3.05) is 19.8 Å². The zero-order valence-electron chi connectivity index (χ0n) is 18.4. The number of nitrogens with zero attached hydrogens (tertiary/aromatic N) is 2.